The number of amides is 1. The largest absolute Gasteiger partial charge is 0.481 e. The average molecular weight is 320 g/mol. The summed E-state index contributed by atoms with van der Waals surface area (Å²) in [4.78, 5) is 26.7. The van der Waals surface area contributed by atoms with E-state index in [0.29, 0.717) is 29.3 Å². The molecule has 122 valence electrons. The van der Waals surface area contributed by atoms with Crippen LogP contribution >= 0.6 is 0 Å². The van der Waals surface area contributed by atoms with Gasteiger partial charge in [-0.1, -0.05) is 6.92 Å². The second kappa shape index (κ2) is 7.04. The van der Waals surface area contributed by atoms with Crippen molar-refractivity contribution < 1.29 is 23.5 Å². The quantitative estimate of drug-likeness (QED) is 0.853. The summed E-state index contributed by atoms with van der Waals surface area (Å²) in [6, 6.07) is 3.89. The minimum absolute atomic E-state index is 0.0245. The summed E-state index contributed by atoms with van der Waals surface area (Å²) >= 11 is 0. The number of nitrogens with one attached hydrogen (secondary N) is 1. The van der Waals surface area contributed by atoms with Gasteiger partial charge in [0.15, 0.2) is 5.89 Å². The smallest absolute Gasteiger partial charge is 0.305 e. The number of carboxylic acids is 1. The van der Waals surface area contributed by atoms with Crippen molar-refractivity contribution in [3.05, 3.63) is 41.2 Å². The van der Waals surface area contributed by atoms with E-state index < -0.39 is 17.7 Å². The van der Waals surface area contributed by atoms with Crippen LogP contribution in [0.3, 0.4) is 0 Å². The molecule has 0 unspecified atom stereocenters. The number of oxazole rings is 1. The minimum Gasteiger partial charge on any atom is -0.481 e. The second-order valence-electron chi connectivity index (χ2n) is 4.99. The van der Waals surface area contributed by atoms with Gasteiger partial charge in [0.1, 0.15) is 17.3 Å². The number of aromatic nitrogens is 1. The first kappa shape index (κ1) is 16.7. The van der Waals surface area contributed by atoms with Crippen LogP contribution in [0.25, 0.3) is 11.3 Å². The van der Waals surface area contributed by atoms with Crippen molar-refractivity contribution in [1.82, 2.24) is 10.3 Å². The van der Waals surface area contributed by atoms with Crippen molar-refractivity contribution in [3.8, 4) is 11.3 Å². The average Bonchev–Trinajstić information content (AvgIpc) is 2.87. The van der Waals surface area contributed by atoms with Crippen LogP contribution in [-0.4, -0.2) is 28.5 Å². The Labute approximate surface area is 132 Å². The third-order valence-electron chi connectivity index (χ3n) is 3.18. The molecule has 2 aromatic rings. The molecule has 1 heterocycles. The number of carbonyl (C=O) groups is 2. The highest BCUT2D eigenvalue weighted by molar-refractivity contribution is 5.95. The summed E-state index contributed by atoms with van der Waals surface area (Å²) in [7, 11) is 0. The molecule has 0 saturated carbocycles. The molecule has 0 atom stereocenters. The Bertz CT molecular complexity index is 740. The molecule has 1 amide bonds. The molecule has 0 fully saturated rings. The predicted octanol–water partition coefficient (Wildman–Crippen LogP) is 2.56. The first-order valence-corrected chi connectivity index (χ1v) is 7.18. The monoisotopic (exact) mass is 320 g/mol. The van der Waals surface area contributed by atoms with Crippen LogP contribution in [0.5, 0.6) is 0 Å². The van der Waals surface area contributed by atoms with E-state index in [-0.39, 0.29) is 18.5 Å². The van der Waals surface area contributed by atoms with Crippen molar-refractivity contribution in [3.63, 3.8) is 0 Å². The molecule has 0 bridgehead atoms. The van der Waals surface area contributed by atoms with Crippen molar-refractivity contribution >= 4 is 11.9 Å². The fourth-order valence-corrected chi connectivity index (χ4v) is 2.18. The van der Waals surface area contributed by atoms with Gasteiger partial charge in [-0.3, -0.25) is 9.59 Å². The predicted molar refractivity (Wildman–Crippen MR) is 80.6 cm³/mol. The van der Waals surface area contributed by atoms with Crippen LogP contribution in [0, 0.1) is 12.7 Å². The Hall–Kier alpha value is -2.70. The van der Waals surface area contributed by atoms with Crippen molar-refractivity contribution in [2.75, 3.05) is 6.54 Å². The van der Waals surface area contributed by atoms with Gasteiger partial charge in [0.2, 0.25) is 0 Å². The first-order valence-electron chi connectivity index (χ1n) is 7.18. The highest BCUT2D eigenvalue weighted by Gasteiger charge is 2.16. The van der Waals surface area contributed by atoms with Crippen LogP contribution in [0.2, 0.25) is 0 Å². The molecular weight excluding hydrogens is 303 g/mol. The third-order valence-corrected chi connectivity index (χ3v) is 3.18. The molecule has 2 rings (SSSR count). The fraction of sp³-hybridized carbons (Fsp3) is 0.312. The maximum atomic E-state index is 13.8. The number of hydrogen-bond donors (Lipinski definition) is 2. The summed E-state index contributed by atoms with van der Waals surface area (Å²) in [5.41, 5.74) is 1.05. The summed E-state index contributed by atoms with van der Waals surface area (Å²) in [6.45, 7) is 3.56. The maximum Gasteiger partial charge on any atom is 0.305 e. The molecule has 1 aromatic heterocycles. The molecule has 0 saturated heterocycles. The topological polar surface area (TPSA) is 92.4 Å². The van der Waals surface area contributed by atoms with Crippen LogP contribution in [0.4, 0.5) is 4.39 Å². The standard InChI is InChI=1S/C16H17FN2O4/c1-3-13-15(19-9(2)23-13)10-6-11(8-12(17)7-10)16(22)18-5-4-14(20)21/h6-8H,3-5H2,1-2H3,(H,18,22)(H,20,21). The number of aryl methyl sites for hydroxylation is 2. The Morgan fingerprint density at radius 3 is 2.74 bits per heavy atom. The fourth-order valence-electron chi connectivity index (χ4n) is 2.18. The van der Waals surface area contributed by atoms with Gasteiger partial charge in [0.05, 0.1) is 6.42 Å². The molecule has 1 aromatic carbocycles. The van der Waals surface area contributed by atoms with Crippen molar-refractivity contribution in [1.29, 1.82) is 0 Å². The van der Waals surface area contributed by atoms with Crippen LogP contribution in [0.1, 0.15) is 35.4 Å². The second-order valence-corrected chi connectivity index (χ2v) is 4.99. The summed E-state index contributed by atoms with van der Waals surface area (Å²) < 4.78 is 19.3. The van der Waals surface area contributed by atoms with Crippen molar-refractivity contribution in [2.24, 2.45) is 0 Å². The van der Waals surface area contributed by atoms with E-state index in [1.807, 2.05) is 6.92 Å². The van der Waals surface area contributed by atoms with Gasteiger partial charge in [-0.05, 0) is 18.2 Å². The molecule has 7 heteroatoms. The number of aliphatic carboxylic acids is 1. The number of rotatable bonds is 6. The van der Waals surface area contributed by atoms with E-state index in [9.17, 15) is 14.0 Å². The highest BCUT2D eigenvalue weighted by Crippen LogP contribution is 2.26. The van der Waals surface area contributed by atoms with Crippen LogP contribution in [0.15, 0.2) is 22.6 Å². The van der Waals surface area contributed by atoms with Crippen LogP contribution < -0.4 is 5.32 Å². The maximum absolute atomic E-state index is 13.8. The highest BCUT2D eigenvalue weighted by atomic mass is 19.1. The molecule has 6 nitrogen and oxygen atoms in total. The van der Waals surface area contributed by atoms with Gasteiger partial charge < -0.3 is 14.8 Å². The summed E-state index contributed by atoms with van der Waals surface area (Å²) in [6.07, 6.45) is 0.392. The van der Waals surface area contributed by atoms with Gasteiger partial charge in [-0.25, -0.2) is 9.37 Å². The van der Waals surface area contributed by atoms with Gasteiger partial charge >= 0.3 is 5.97 Å². The molecule has 0 radical (unpaired) electrons. The van der Waals surface area contributed by atoms with Gasteiger partial charge in [0.25, 0.3) is 5.91 Å². The zero-order chi connectivity index (χ0) is 17.0. The molecule has 0 aliphatic heterocycles. The number of nitrogens with zero attached hydrogens (tertiary/aromatic N) is 1. The molecule has 23 heavy (non-hydrogen) atoms. The van der Waals surface area contributed by atoms with E-state index in [1.165, 1.54) is 12.1 Å². The molecule has 2 N–H and O–H groups in total. The minimum atomic E-state index is -1.02. The van der Waals surface area contributed by atoms with E-state index in [2.05, 4.69) is 10.3 Å². The number of benzene rings is 1. The Kier molecular flexibility index (Phi) is 5.10. The molecular formula is C16H17FN2O4. The lowest BCUT2D eigenvalue weighted by Gasteiger charge is -2.06. The normalized spacial score (nSPS) is 10.6. The van der Waals surface area contributed by atoms with E-state index in [0.717, 1.165) is 6.07 Å². The summed E-state index contributed by atoms with van der Waals surface area (Å²) in [5, 5.41) is 11.0. The first-order chi connectivity index (χ1) is 10.9. The SMILES string of the molecule is CCc1oc(C)nc1-c1cc(F)cc(C(=O)NCCC(=O)O)c1. The van der Waals surface area contributed by atoms with E-state index in [1.54, 1.807) is 6.92 Å². The van der Waals surface area contributed by atoms with Gasteiger partial charge in [-0.15, -0.1) is 0 Å². The number of hydrogen-bond acceptors (Lipinski definition) is 4. The van der Waals surface area contributed by atoms with Gasteiger partial charge in [0, 0.05) is 31.0 Å². The lowest BCUT2D eigenvalue weighted by atomic mass is 10.1. The lowest BCUT2D eigenvalue weighted by molar-refractivity contribution is -0.136. The number of halogens is 1. The zero-order valence-electron chi connectivity index (χ0n) is 12.9. The molecule has 0 aliphatic carbocycles. The third kappa shape index (κ3) is 4.15. The van der Waals surface area contributed by atoms with Gasteiger partial charge in [-0.2, -0.15) is 0 Å². The van der Waals surface area contributed by atoms with Crippen LogP contribution in [-0.2, 0) is 11.2 Å². The molecule has 0 spiro atoms. The summed E-state index contributed by atoms with van der Waals surface area (Å²) in [5.74, 6) is -1.05. The van der Waals surface area contributed by atoms with E-state index >= 15 is 0 Å². The van der Waals surface area contributed by atoms with Crippen molar-refractivity contribution in [2.45, 2.75) is 26.7 Å². The molecule has 0 aliphatic rings. The van der Waals surface area contributed by atoms with E-state index in [4.69, 9.17) is 9.52 Å². The number of carboxylic acid groups (broad SMARTS) is 1. The lowest BCUT2D eigenvalue weighted by Crippen LogP contribution is -2.26. The Morgan fingerprint density at radius 1 is 1.35 bits per heavy atom. The Morgan fingerprint density at radius 2 is 2.09 bits per heavy atom. The zero-order valence-corrected chi connectivity index (χ0v) is 12.9. The number of carbonyl (C=O) groups excluding carboxylic acids is 1. The Balaban J connectivity index is 2.28.